The number of nitrogens with two attached hydrogens (primary N) is 1. The van der Waals surface area contributed by atoms with Crippen LogP contribution in [0.3, 0.4) is 0 Å². The SMILES string of the molecule is Cc1csc(CC(Cc2cc(Br)cs2)NN)n1. The molecule has 2 aromatic rings. The highest BCUT2D eigenvalue weighted by molar-refractivity contribution is 9.10. The van der Waals surface area contributed by atoms with Gasteiger partial charge in [-0.25, -0.2) is 4.98 Å². The van der Waals surface area contributed by atoms with E-state index < -0.39 is 0 Å². The Kier molecular flexibility index (Phi) is 4.69. The summed E-state index contributed by atoms with van der Waals surface area (Å²) in [6.45, 7) is 2.02. The molecule has 0 aliphatic heterocycles. The number of nitrogens with one attached hydrogen (secondary N) is 1. The second kappa shape index (κ2) is 6.06. The Labute approximate surface area is 117 Å². The van der Waals surface area contributed by atoms with Gasteiger partial charge in [0.2, 0.25) is 0 Å². The van der Waals surface area contributed by atoms with Crippen LogP contribution in [0.4, 0.5) is 0 Å². The lowest BCUT2D eigenvalue weighted by molar-refractivity contribution is 0.524. The molecule has 2 heterocycles. The van der Waals surface area contributed by atoms with Gasteiger partial charge in [-0.3, -0.25) is 11.3 Å². The molecule has 0 spiro atoms. The first-order chi connectivity index (χ1) is 8.17. The molecule has 0 saturated heterocycles. The molecule has 0 bridgehead atoms. The van der Waals surface area contributed by atoms with Gasteiger partial charge in [-0.15, -0.1) is 22.7 Å². The molecular formula is C11H14BrN3S2. The predicted molar refractivity (Wildman–Crippen MR) is 77.4 cm³/mol. The van der Waals surface area contributed by atoms with Gasteiger partial charge in [0.15, 0.2) is 0 Å². The summed E-state index contributed by atoms with van der Waals surface area (Å²) in [7, 11) is 0. The molecular weight excluding hydrogens is 318 g/mol. The van der Waals surface area contributed by atoms with E-state index in [0.29, 0.717) is 0 Å². The zero-order valence-corrected chi connectivity index (χ0v) is 12.7. The number of hydrogen-bond acceptors (Lipinski definition) is 5. The second-order valence-corrected chi connectivity index (χ2v) is 6.74. The average Bonchev–Trinajstić information content (AvgIpc) is 2.87. The Balaban J connectivity index is 1.97. The van der Waals surface area contributed by atoms with E-state index >= 15 is 0 Å². The average molecular weight is 332 g/mol. The van der Waals surface area contributed by atoms with Crippen molar-refractivity contribution in [1.82, 2.24) is 10.4 Å². The van der Waals surface area contributed by atoms with Gasteiger partial charge in [0.05, 0.1) is 5.01 Å². The first-order valence-electron chi connectivity index (χ1n) is 5.27. The number of aromatic nitrogens is 1. The van der Waals surface area contributed by atoms with Crippen LogP contribution in [0.15, 0.2) is 21.3 Å². The van der Waals surface area contributed by atoms with E-state index in [1.807, 2.05) is 6.92 Å². The summed E-state index contributed by atoms with van der Waals surface area (Å²) in [6.07, 6.45) is 1.82. The van der Waals surface area contributed by atoms with Crippen molar-refractivity contribution in [3.63, 3.8) is 0 Å². The van der Waals surface area contributed by atoms with Crippen LogP contribution in [0.1, 0.15) is 15.6 Å². The summed E-state index contributed by atoms with van der Waals surface area (Å²) in [5.41, 5.74) is 3.96. The fourth-order valence-electron chi connectivity index (χ4n) is 1.60. The first kappa shape index (κ1) is 13.2. The van der Waals surface area contributed by atoms with Crippen molar-refractivity contribution < 1.29 is 0 Å². The highest BCUT2D eigenvalue weighted by Crippen LogP contribution is 2.22. The van der Waals surface area contributed by atoms with E-state index in [-0.39, 0.29) is 6.04 Å². The number of thiophene rings is 1. The molecule has 1 unspecified atom stereocenters. The Bertz CT molecular complexity index is 438. The summed E-state index contributed by atoms with van der Waals surface area (Å²) in [5.74, 6) is 5.60. The van der Waals surface area contributed by atoms with Crippen LogP contribution in [0.25, 0.3) is 0 Å². The van der Waals surface area contributed by atoms with Crippen LogP contribution in [-0.2, 0) is 12.8 Å². The van der Waals surface area contributed by atoms with Crippen LogP contribution in [0, 0.1) is 6.92 Å². The smallest absolute Gasteiger partial charge is 0.0944 e. The number of nitrogens with zero attached hydrogens (tertiary/aromatic N) is 1. The second-order valence-electron chi connectivity index (χ2n) is 3.89. The lowest BCUT2D eigenvalue weighted by Gasteiger charge is -2.12. The van der Waals surface area contributed by atoms with Gasteiger partial charge in [-0.1, -0.05) is 0 Å². The number of hydrogen-bond donors (Lipinski definition) is 2. The van der Waals surface area contributed by atoms with Crippen molar-refractivity contribution in [3.8, 4) is 0 Å². The molecule has 2 aromatic heterocycles. The molecule has 0 amide bonds. The highest BCUT2D eigenvalue weighted by atomic mass is 79.9. The van der Waals surface area contributed by atoms with Crippen molar-refractivity contribution in [2.45, 2.75) is 25.8 Å². The van der Waals surface area contributed by atoms with E-state index in [9.17, 15) is 0 Å². The van der Waals surface area contributed by atoms with Gasteiger partial charge >= 0.3 is 0 Å². The standard InChI is InChI=1S/C11H14BrN3S2/c1-7-5-17-11(14-7)4-9(15-13)3-10-2-8(12)6-16-10/h2,5-6,9,15H,3-4,13H2,1H3. The van der Waals surface area contributed by atoms with Crippen LogP contribution in [0.2, 0.25) is 0 Å². The fourth-order valence-corrected chi connectivity index (χ4v) is 3.99. The third kappa shape index (κ3) is 3.86. The fraction of sp³-hybridized carbons (Fsp3) is 0.364. The Hall–Kier alpha value is -0.270. The zero-order valence-electron chi connectivity index (χ0n) is 9.44. The van der Waals surface area contributed by atoms with E-state index in [1.54, 1.807) is 22.7 Å². The first-order valence-corrected chi connectivity index (χ1v) is 7.82. The van der Waals surface area contributed by atoms with Crippen LogP contribution in [0.5, 0.6) is 0 Å². The third-order valence-electron chi connectivity index (χ3n) is 2.39. The zero-order chi connectivity index (χ0) is 12.3. The van der Waals surface area contributed by atoms with E-state index in [0.717, 1.165) is 28.0 Å². The molecule has 1 atom stereocenters. The number of halogens is 1. The highest BCUT2D eigenvalue weighted by Gasteiger charge is 2.12. The molecule has 0 aliphatic carbocycles. The minimum atomic E-state index is 0.242. The van der Waals surface area contributed by atoms with Crippen molar-refractivity contribution in [3.05, 3.63) is 36.9 Å². The molecule has 6 heteroatoms. The molecule has 0 saturated carbocycles. The summed E-state index contributed by atoms with van der Waals surface area (Å²) < 4.78 is 1.14. The lowest BCUT2D eigenvalue weighted by atomic mass is 10.1. The summed E-state index contributed by atoms with van der Waals surface area (Å²) in [5, 5.41) is 5.31. The molecule has 0 aromatic carbocycles. The maximum absolute atomic E-state index is 5.60. The quantitative estimate of drug-likeness (QED) is 0.654. The number of hydrazine groups is 1. The van der Waals surface area contributed by atoms with Gasteiger partial charge in [-0.2, -0.15) is 0 Å². The van der Waals surface area contributed by atoms with E-state index in [4.69, 9.17) is 5.84 Å². The molecule has 92 valence electrons. The monoisotopic (exact) mass is 331 g/mol. The van der Waals surface area contributed by atoms with Crippen molar-refractivity contribution in [2.75, 3.05) is 0 Å². The molecule has 0 aliphatic rings. The van der Waals surface area contributed by atoms with Crippen molar-refractivity contribution in [2.24, 2.45) is 5.84 Å². The lowest BCUT2D eigenvalue weighted by Crippen LogP contribution is -2.38. The van der Waals surface area contributed by atoms with Crippen LogP contribution < -0.4 is 11.3 Å². The Morgan fingerprint density at radius 3 is 2.76 bits per heavy atom. The van der Waals surface area contributed by atoms with Crippen molar-refractivity contribution in [1.29, 1.82) is 0 Å². The topological polar surface area (TPSA) is 50.9 Å². The van der Waals surface area contributed by atoms with Gasteiger partial charge in [0, 0.05) is 38.3 Å². The van der Waals surface area contributed by atoms with Gasteiger partial charge in [-0.05, 0) is 35.3 Å². The summed E-state index contributed by atoms with van der Waals surface area (Å²) in [6, 6.07) is 2.38. The number of thiazole rings is 1. The molecule has 17 heavy (non-hydrogen) atoms. The van der Waals surface area contributed by atoms with Crippen LogP contribution >= 0.6 is 38.6 Å². The van der Waals surface area contributed by atoms with Gasteiger partial charge in [0.25, 0.3) is 0 Å². The maximum atomic E-state index is 5.60. The largest absolute Gasteiger partial charge is 0.271 e. The van der Waals surface area contributed by atoms with Gasteiger partial charge < -0.3 is 0 Å². The minimum absolute atomic E-state index is 0.242. The van der Waals surface area contributed by atoms with E-state index in [1.165, 1.54) is 4.88 Å². The molecule has 2 rings (SSSR count). The maximum Gasteiger partial charge on any atom is 0.0944 e. The van der Waals surface area contributed by atoms with Gasteiger partial charge in [0.1, 0.15) is 0 Å². The van der Waals surface area contributed by atoms with Crippen LogP contribution in [-0.4, -0.2) is 11.0 Å². The summed E-state index contributed by atoms with van der Waals surface area (Å²) in [4.78, 5) is 5.79. The van der Waals surface area contributed by atoms with E-state index in [2.05, 4.69) is 43.2 Å². The molecule has 0 fully saturated rings. The molecule has 3 N–H and O–H groups in total. The normalized spacial score (nSPS) is 12.9. The molecule has 3 nitrogen and oxygen atoms in total. The Morgan fingerprint density at radius 2 is 2.24 bits per heavy atom. The summed E-state index contributed by atoms with van der Waals surface area (Å²) >= 11 is 6.91. The number of rotatable bonds is 5. The van der Waals surface area contributed by atoms with Crippen molar-refractivity contribution >= 4 is 38.6 Å². The predicted octanol–water partition coefficient (Wildman–Crippen LogP) is 2.89. The number of aryl methyl sites for hydroxylation is 1. The molecule has 0 radical (unpaired) electrons. The minimum Gasteiger partial charge on any atom is -0.271 e. The Morgan fingerprint density at radius 1 is 1.41 bits per heavy atom. The third-order valence-corrected chi connectivity index (χ3v) is 5.10.